The second kappa shape index (κ2) is 6.16. The van der Waals surface area contributed by atoms with Gasteiger partial charge in [0.15, 0.2) is 5.82 Å². The predicted molar refractivity (Wildman–Crippen MR) is 83.0 cm³/mol. The van der Waals surface area contributed by atoms with Crippen LogP contribution in [0.15, 0.2) is 10.5 Å². The van der Waals surface area contributed by atoms with Crippen molar-refractivity contribution in [3.8, 4) is 0 Å². The summed E-state index contributed by atoms with van der Waals surface area (Å²) in [6, 6.07) is 1.91. The van der Waals surface area contributed by atoms with Gasteiger partial charge in [-0.15, -0.1) is 10.2 Å². The summed E-state index contributed by atoms with van der Waals surface area (Å²) in [4.78, 5) is 12.3. The SMILES string of the molecule is CCn1c(CO)nnc1C1CC(NC(=O)c2cc(C)oc2C)C1. The molecule has 1 amide bonds. The number of nitrogens with zero attached hydrogens (tertiary/aromatic N) is 3. The lowest BCUT2D eigenvalue weighted by atomic mass is 9.79. The molecule has 0 aromatic carbocycles. The highest BCUT2D eigenvalue weighted by atomic mass is 16.3. The van der Waals surface area contributed by atoms with E-state index in [4.69, 9.17) is 4.42 Å². The molecule has 3 rings (SSSR count). The second-order valence-corrected chi connectivity index (χ2v) is 6.04. The van der Waals surface area contributed by atoms with E-state index in [1.54, 1.807) is 13.0 Å². The molecule has 2 N–H and O–H groups in total. The second-order valence-electron chi connectivity index (χ2n) is 6.04. The Morgan fingerprint density at radius 2 is 2.17 bits per heavy atom. The Kier molecular flexibility index (Phi) is 4.21. The Hall–Kier alpha value is -2.15. The van der Waals surface area contributed by atoms with E-state index >= 15 is 0 Å². The van der Waals surface area contributed by atoms with Crippen molar-refractivity contribution < 1.29 is 14.3 Å². The molecule has 7 heteroatoms. The molecule has 1 fully saturated rings. The Balaban J connectivity index is 1.60. The zero-order valence-corrected chi connectivity index (χ0v) is 13.7. The molecule has 0 atom stereocenters. The fourth-order valence-corrected chi connectivity index (χ4v) is 3.18. The Bertz CT molecular complexity index is 713. The molecule has 2 heterocycles. The van der Waals surface area contributed by atoms with Crippen molar-refractivity contribution in [3.63, 3.8) is 0 Å². The van der Waals surface area contributed by atoms with Crippen molar-refractivity contribution >= 4 is 5.91 Å². The van der Waals surface area contributed by atoms with E-state index in [2.05, 4.69) is 15.5 Å². The van der Waals surface area contributed by atoms with Crippen LogP contribution in [0.2, 0.25) is 0 Å². The zero-order chi connectivity index (χ0) is 16.6. The van der Waals surface area contributed by atoms with Gasteiger partial charge in [-0.3, -0.25) is 4.79 Å². The van der Waals surface area contributed by atoms with Crippen LogP contribution in [0.1, 0.15) is 59.2 Å². The van der Waals surface area contributed by atoms with Gasteiger partial charge in [0.1, 0.15) is 24.0 Å². The number of rotatable bonds is 5. The quantitative estimate of drug-likeness (QED) is 0.875. The number of aromatic nitrogens is 3. The first-order valence-corrected chi connectivity index (χ1v) is 7.94. The number of amides is 1. The summed E-state index contributed by atoms with van der Waals surface area (Å²) in [6.07, 6.45) is 1.68. The standard InChI is InChI=1S/C16H22N4O3/c1-4-20-14(8-21)18-19-15(20)11-6-12(7-11)17-16(22)13-5-9(2)23-10(13)3/h5,11-12,21H,4,6-8H2,1-3H3,(H,17,22). The molecule has 0 unspecified atom stereocenters. The van der Waals surface area contributed by atoms with Crippen molar-refractivity contribution in [2.75, 3.05) is 0 Å². The van der Waals surface area contributed by atoms with E-state index in [-0.39, 0.29) is 24.5 Å². The zero-order valence-electron chi connectivity index (χ0n) is 13.7. The van der Waals surface area contributed by atoms with Gasteiger partial charge in [0.25, 0.3) is 5.91 Å². The van der Waals surface area contributed by atoms with Gasteiger partial charge in [0, 0.05) is 18.5 Å². The molecular weight excluding hydrogens is 296 g/mol. The summed E-state index contributed by atoms with van der Waals surface area (Å²) in [5.74, 6) is 3.08. The molecule has 1 aliphatic carbocycles. The average molecular weight is 318 g/mol. The number of carbonyl (C=O) groups is 1. The number of hydrogen-bond donors (Lipinski definition) is 2. The van der Waals surface area contributed by atoms with Crippen LogP contribution in [0, 0.1) is 13.8 Å². The molecule has 0 aliphatic heterocycles. The molecule has 0 saturated heterocycles. The van der Waals surface area contributed by atoms with Crippen LogP contribution in [-0.2, 0) is 13.2 Å². The minimum Gasteiger partial charge on any atom is -0.466 e. The van der Waals surface area contributed by atoms with Crippen molar-refractivity contribution in [1.29, 1.82) is 0 Å². The summed E-state index contributed by atoms with van der Waals surface area (Å²) in [6.45, 7) is 6.27. The van der Waals surface area contributed by atoms with E-state index in [9.17, 15) is 9.90 Å². The minimum atomic E-state index is -0.104. The highest BCUT2D eigenvalue weighted by Gasteiger charge is 2.35. The normalized spacial score (nSPS) is 20.3. The van der Waals surface area contributed by atoms with Crippen molar-refractivity contribution in [2.45, 2.75) is 58.7 Å². The van der Waals surface area contributed by atoms with E-state index in [1.165, 1.54) is 0 Å². The number of aliphatic hydroxyl groups is 1. The summed E-state index contributed by atoms with van der Waals surface area (Å²) < 4.78 is 7.35. The van der Waals surface area contributed by atoms with E-state index < -0.39 is 0 Å². The van der Waals surface area contributed by atoms with Gasteiger partial charge in [-0.25, -0.2) is 0 Å². The maximum atomic E-state index is 12.3. The molecule has 2 aromatic rings. The molecule has 0 spiro atoms. The molecular formula is C16H22N4O3. The third-order valence-electron chi connectivity index (χ3n) is 4.44. The van der Waals surface area contributed by atoms with Crippen LogP contribution in [0.25, 0.3) is 0 Å². The number of aryl methyl sites for hydroxylation is 2. The highest BCUT2D eigenvalue weighted by molar-refractivity contribution is 5.95. The van der Waals surface area contributed by atoms with Gasteiger partial charge < -0.3 is 19.4 Å². The first-order chi connectivity index (χ1) is 11.0. The molecule has 2 aromatic heterocycles. The number of furan rings is 1. The van der Waals surface area contributed by atoms with Gasteiger partial charge in [0.2, 0.25) is 0 Å². The Morgan fingerprint density at radius 1 is 1.43 bits per heavy atom. The lowest BCUT2D eigenvalue weighted by Crippen LogP contribution is -2.44. The minimum absolute atomic E-state index is 0.0872. The first kappa shape index (κ1) is 15.7. The number of nitrogens with one attached hydrogen (secondary N) is 1. The third-order valence-corrected chi connectivity index (χ3v) is 4.44. The lowest BCUT2D eigenvalue weighted by molar-refractivity contribution is 0.0905. The van der Waals surface area contributed by atoms with Crippen LogP contribution in [0.4, 0.5) is 0 Å². The van der Waals surface area contributed by atoms with E-state index in [0.29, 0.717) is 17.1 Å². The third kappa shape index (κ3) is 2.88. The van der Waals surface area contributed by atoms with E-state index in [1.807, 2.05) is 18.4 Å². The lowest BCUT2D eigenvalue weighted by Gasteiger charge is -2.35. The summed E-state index contributed by atoms with van der Waals surface area (Å²) in [5.41, 5.74) is 0.602. The monoisotopic (exact) mass is 318 g/mol. The van der Waals surface area contributed by atoms with Crippen molar-refractivity contribution in [1.82, 2.24) is 20.1 Å². The van der Waals surface area contributed by atoms with Crippen LogP contribution < -0.4 is 5.32 Å². The smallest absolute Gasteiger partial charge is 0.255 e. The number of carbonyl (C=O) groups excluding carboxylic acids is 1. The molecule has 0 bridgehead atoms. The highest BCUT2D eigenvalue weighted by Crippen LogP contribution is 2.36. The van der Waals surface area contributed by atoms with Crippen LogP contribution in [-0.4, -0.2) is 31.8 Å². The van der Waals surface area contributed by atoms with Crippen LogP contribution >= 0.6 is 0 Å². The molecule has 1 aliphatic rings. The molecule has 7 nitrogen and oxygen atoms in total. The first-order valence-electron chi connectivity index (χ1n) is 7.94. The van der Waals surface area contributed by atoms with Gasteiger partial charge >= 0.3 is 0 Å². The van der Waals surface area contributed by atoms with Gasteiger partial charge in [-0.05, 0) is 39.7 Å². The van der Waals surface area contributed by atoms with Crippen LogP contribution in [0.3, 0.4) is 0 Å². The topological polar surface area (TPSA) is 93.2 Å². The van der Waals surface area contributed by atoms with Crippen molar-refractivity contribution in [2.24, 2.45) is 0 Å². The number of aliphatic hydroxyl groups excluding tert-OH is 1. The molecule has 0 radical (unpaired) electrons. The maximum absolute atomic E-state index is 12.3. The summed E-state index contributed by atoms with van der Waals surface area (Å²) in [7, 11) is 0. The van der Waals surface area contributed by atoms with Crippen LogP contribution in [0.5, 0.6) is 0 Å². The molecule has 23 heavy (non-hydrogen) atoms. The predicted octanol–water partition coefficient (Wildman–Crippen LogP) is 1.68. The molecule has 124 valence electrons. The fourth-order valence-electron chi connectivity index (χ4n) is 3.18. The largest absolute Gasteiger partial charge is 0.466 e. The van der Waals surface area contributed by atoms with Gasteiger partial charge in [0.05, 0.1) is 5.56 Å². The average Bonchev–Trinajstić information content (AvgIpc) is 3.04. The Morgan fingerprint density at radius 3 is 2.74 bits per heavy atom. The molecule has 1 saturated carbocycles. The van der Waals surface area contributed by atoms with Crippen molar-refractivity contribution in [3.05, 3.63) is 34.8 Å². The Labute approximate surface area is 134 Å². The summed E-state index contributed by atoms with van der Waals surface area (Å²) >= 11 is 0. The summed E-state index contributed by atoms with van der Waals surface area (Å²) in [5, 5.41) is 20.5. The number of hydrogen-bond acceptors (Lipinski definition) is 5. The van der Waals surface area contributed by atoms with Gasteiger partial charge in [-0.1, -0.05) is 0 Å². The van der Waals surface area contributed by atoms with Gasteiger partial charge in [-0.2, -0.15) is 0 Å². The van der Waals surface area contributed by atoms with E-state index in [0.717, 1.165) is 31.0 Å². The fraction of sp³-hybridized carbons (Fsp3) is 0.562. The maximum Gasteiger partial charge on any atom is 0.255 e.